The summed E-state index contributed by atoms with van der Waals surface area (Å²) in [5, 5.41) is 22.7. The van der Waals surface area contributed by atoms with E-state index in [1.54, 1.807) is 36.4 Å². The first kappa shape index (κ1) is 28.4. The maximum absolute atomic E-state index is 13.7. The second-order valence-corrected chi connectivity index (χ2v) is 10.9. The number of likely N-dealkylation sites (tertiary alicyclic amines) is 1. The highest BCUT2D eigenvalue weighted by atomic mass is 16.2. The van der Waals surface area contributed by atoms with Crippen molar-refractivity contribution in [3.05, 3.63) is 115 Å². The molecule has 0 atom stereocenters. The lowest BCUT2D eigenvalue weighted by Gasteiger charge is -2.18. The minimum atomic E-state index is -1.03. The molecule has 14 nitrogen and oxygen atoms in total. The van der Waals surface area contributed by atoms with Crippen LogP contribution in [0.4, 0.5) is 10.5 Å². The number of amides is 1. The highest BCUT2D eigenvalue weighted by Gasteiger charge is 2.23. The van der Waals surface area contributed by atoms with Crippen molar-refractivity contribution in [3.63, 3.8) is 0 Å². The molecule has 4 heterocycles. The molecule has 1 aliphatic rings. The van der Waals surface area contributed by atoms with Crippen LogP contribution < -0.4 is 22.3 Å². The Kier molecular flexibility index (Phi) is 7.19. The molecule has 0 radical (unpaired) electrons. The summed E-state index contributed by atoms with van der Waals surface area (Å²) in [4.78, 5) is 59.1. The Balaban J connectivity index is 1.21. The van der Waals surface area contributed by atoms with Crippen molar-refractivity contribution in [1.82, 2.24) is 39.4 Å². The Morgan fingerprint density at radius 2 is 1.72 bits per heavy atom. The Morgan fingerprint density at radius 3 is 2.46 bits per heavy atom. The van der Waals surface area contributed by atoms with Crippen molar-refractivity contribution in [2.24, 2.45) is 0 Å². The molecular formula is C32H26N10O4. The summed E-state index contributed by atoms with van der Waals surface area (Å²) in [6.45, 7) is 3.03. The Labute approximate surface area is 259 Å². The summed E-state index contributed by atoms with van der Waals surface area (Å²) < 4.78 is 1.59. The van der Waals surface area contributed by atoms with E-state index in [1.807, 2.05) is 30.3 Å². The average molecular weight is 615 g/mol. The number of anilines is 1. The number of H-pyrrole nitrogens is 3. The number of aromatic nitrogens is 7. The van der Waals surface area contributed by atoms with Crippen LogP contribution in [0, 0.1) is 11.3 Å². The molecule has 0 saturated carbocycles. The van der Waals surface area contributed by atoms with Crippen molar-refractivity contribution in [1.29, 1.82) is 5.26 Å². The van der Waals surface area contributed by atoms with Crippen LogP contribution in [0.2, 0.25) is 0 Å². The van der Waals surface area contributed by atoms with Crippen LogP contribution in [-0.2, 0) is 6.54 Å². The van der Waals surface area contributed by atoms with E-state index in [4.69, 9.17) is 0 Å². The van der Waals surface area contributed by atoms with Crippen LogP contribution in [-0.4, -0.2) is 58.5 Å². The number of hydrogen-bond acceptors (Lipinski definition) is 8. The zero-order valence-electron chi connectivity index (χ0n) is 24.3. The predicted octanol–water partition coefficient (Wildman–Crippen LogP) is 3.17. The summed E-state index contributed by atoms with van der Waals surface area (Å²) in [5.41, 5.74) is 1.45. The zero-order chi connectivity index (χ0) is 31.8. The highest BCUT2D eigenvalue weighted by molar-refractivity contribution is 5.93. The van der Waals surface area contributed by atoms with Gasteiger partial charge in [0.25, 0.3) is 5.56 Å². The monoisotopic (exact) mass is 614 g/mol. The van der Waals surface area contributed by atoms with E-state index in [0.717, 1.165) is 30.8 Å². The van der Waals surface area contributed by atoms with Gasteiger partial charge in [-0.3, -0.25) is 14.7 Å². The van der Waals surface area contributed by atoms with Gasteiger partial charge in [0.05, 0.1) is 5.69 Å². The number of rotatable bonds is 6. The smallest absolute Gasteiger partial charge is 0.307 e. The van der Waals surface area contributed by atoms with E-state index >= 15 is 0 Å². The first-order valence-electron chi connectivity index (χ1n) is 14.6. The van der Waals surface area contributed by atoms with Crippen molar-refractivity contribution < 1.29 is 4.79 Å². The molecule has 0 unspecified atom stereocenters. The predicted molar refractivity (Wildman–Crippen MR) is 170 cm³/mol. The largest absolute Gasteiger partial charge is 0.340 e. The molecule has 0 spiro atoms. The van der Waals surface area contributed by atoms with Crippen LogP contribution in [0.1, 0.15) is 24.1 Å². The molecule has 0 bridgehead atoms. The van der Waals surface area contributed by atoms with Crippen molar-refractivity contribution in [3.8, 4) is 34.3 Å². The standard InChI is InChI=1S/C32H26N10O4/c33-17-25-26-27(42(39-25)23-8-5-7-20(16-23)28-36-30(44)38-37-28)29(43)41(32(46)35-26)31(45)34-22-12-10-19(11-13-22)24-9-2-1-6-21(24)18-40-14-3-4-15-40/h1-2,5-13,16H,3-4,14-15,18H2,(H,34,45)(H,35,46)(H2,36,37,38,44). The number of benzene rings is 3. The number of fused-ring (bicyclic) bond motifs is 1. The third kappa shape index (κ3) is 5.20. The van der Waals surface area contributed by atoms with E-state index in [-0.39, 0.29) is 22.6 Å². The van der Waals surface area contributed by atoms with Gasteiger partial charge in [-0.25, -0.2) is 24.2 Å². The van der Waals surface area contributed by atoms with Gasteiger partial charge in [-0.05, 0) is 66.9 Å². The van der Waals surface area contributed by atoms with Gasteiger partial charge in [0.1, 0.15) is 11.6 Å². The van der Waals surface area contributed by atoms with Gasteiger partial charge in [-0.1, -0.05) is 48.5 Å². The molecule has 1 saturated heterocycles. The van der Waals surface area contributed by atoms with Crippen LogP contribution >= 0.6 is 0 Å². The number of aromatic amines is 3. The van der Waals surface area contributed by atoms with Crippen LogP contribution in [0.15, 0.2) is 87.2 Å². The van der Waals surface area contributed by atoms with E-state index in [0.29, 0.717) is 21.5 Å². The zero-order valence-corrected chi connectivity index (χ0v) is 24.3. The number of nitrogens with one attached hydrogen (secondary N) is 4. The quantitative estimate of drug-likeness (QED) is 0.220. The van der Waals surface area contributed by atoms with Gasteiger partial charge in [0, 0.05) is 17.8 Å². The maximum atomic E-state index is 13.7. The summed E-state index contributed by atoms with van der Waals surface area (Å²) in [5.74, 6) is 0.245. The molecule has 3 aromatic heterocycles. The van der Waals surface area contributed by atoms with Crippen molar-refractivity contribution in [2.75, 3.05) is 18.4 Å². The van der Waals surface area contributed by atoms with Gasteiger partial charge in [-0.2, -0.15) is 20.0 Å². The molecule has 1 aliphatic heterocycles. The molecule has 14 heteroatoms. The third-order valence-corrected chi connectivity index (χ3v) is 7.96. The van der Waals surface area contributed by atoms with Crippen LogP contribution in [0.25, 0.3) is 39.2 Å². The Hall–Kier alpha value is -6.33. The fraction of sp³-hybridized carbons (Fsp3) is 0.156. The number of nitriles is 1. The number of nitrogens with zero attached hydrogens (tertiary/aromatic N) is 6. The second kappa shape index (κ2) is 11.6. The van der Waals surface area contributed by atoms with Gasteiger partial charge in [0.2, 0.25) is 0 Å². The maximum Gasteiger partial charge on any atom is 0.340 e. The molecule has 4 N–H and O–H groups in total. The lowest BCUT2D eigenvalue weighted by molar-refractivity contribution is 0.252. The Morgan fingerprint density at radius 1 is 0.935 bits per heavy atom. The molecule has 3 aromatic carbocycles. The molecule has 0 aliphatic carbocycles. The average Bonchev–Trinajstić information content (AvgIpc) is 3.82. The van der Waals surface area contributed by atoms with Gasteiger partial charge in [0.15, 0.2) is 17.0 Å². The molecule has 1 fully saturated rings. The van der Waals surface area contributed by atoms with Crippen LogP contribution in [0.5, 0.6) is 0 Å². The second-order valence-electron chi connectivity index (χ2n) is 10.9. The number of carbonyl (C=O) groups is 1. The SMILES string of the molecule is N#Cc1nn(-c2cccc(-c3n[nH]c(=O)[nH]3)c2)c2c(=O)n(C(=O)Nc3ccc(-c4ccccc4CN4CCCC4)cc3)c(=O)[nH]c12. The van der Waals surface area contributed by atoms with E-state index in [9.17, 15) is 24.4 Å². The molecule has 228 valence electrons. The highest BCUT2D eigenvalue weighted by Crippen LogP contribution is 2.27. The van der Waals surface area contributed by atoms with E-state index in [2.05, 4.69) is 47.6 Å². The number of hydrogen-bond donors (Lipinski definition) is 4. The first-order chi connectivity index (χ1) is 22.4. The van der Waals surface area contributed by atoms with Crippen molar-refractivity contribution in [2.45, 2.75) is 19.4 Å². The van der Waals surface area contributed by atoms with E-state index < -0.39 is 23.0 Å². The van der Waals surface area contributed by atoms with Gasteiger partial charge >= 0.3 is 17.4 Å². The summed E-state index contributed by atoms with van der Waals surface area (Å²) in [6.07, 6.45) is 2.42. The fourth-order valence-electron chi connectivity index (χ4n) is 5.77. The minimum Gasteiger partial charge on any atom is -0.307 e. The lowest BCUT2D eigenvalue weighted by atomic mass is 9.99. The van der Waals surface area contributed by atoms with Crippen LogP contribution in [0.3, 0.4) is 0 Å². The Bertz CT molecular complexity index is 2330. The fourth-order valence-corrected chi connectivity index (χ4v) is 5.77. The molecule has 7 rings (SSSR count). The van der Waals surface area contributed by atoms with E-state index in [1.165, 1.54) is 23.1 Å². The summed E-state index contributed by atoms with van der Waals surface area (Å²) >= 11 is 0. The normalized spacial score (nSPS) is 13.2. The molecule has 1 amide bonds. The lowest BCUT2D eigenvalue weighted by Crippen LogP contribution is -2.42. The summed E-state index contributed by atoms with van der Waals surface area (Å²) in [7, 11) is 0. The van der Waals surface area contributed by atoms with Gasteiger partial charge < -0.3 is 10.3 Å². The molecular weight excluding hydrogens is 588 g/mol. The third-order valence-electron chi connectivity index (χ3n) is 7.96. The topological polar surface area (TPSA) is 190 Å². The van der Waals surface area contributed by atoms with Crippen molar-refractivity contribution >= 4 is 22.8 Å². The first-order valence-corrected chi connectivity index (χ1v) is 14.6. The van der Waals surface area contributed by atoms with Gasteiger partial charge in [-0.15, -0.1) is 0 Å². The minimum absolute atomic E-state index is 0.114. The summed E-state index contributed by atoms with van der Waals surface area (Å²) in [6, 6.07) is 22.8. The number of carbonyl (C=O) groups excluding carboxylic acids is 1. The molecule has 6 aromatic rings. The molecule has 46 heavy (non-hydrogen) atoms.